The third kappa shape index (κ3) is 4.78. The van der Waals surface area contributed by atoms with Crippen LogP contribution in [0.5, 0.6) is 0 Å². The van der Waals surface area contributed by atoms with Crippen LogP contribution in [-0.4, -0.2) is 27.3 Å². The quantitative estimate of drug-likeness (QED) is 0.462. The number of hydrogen-bond acceptors (Lipinski definition) is 3. The van der Waals surface area contributed by atoms with Crippen LogP contribution in [0.25, 0.3) is 0 Å². The van der Waals surface area contributed by atoms with E-state index in [1.165, 1.54) is 18.3 Å². The van der Waals surface area contributed by atoms with Crippen molar-refractivity contribution in [3.63, 3.8) is 0 Å². The van der Waals surface area contributed by atoms with Gasteiger partial charge in [-0.3, -0.25) is 9.78 Å². The van der Waals surface area contributed by atoms with E-state index >= 15 is 0 Å². The smallest absolute Gasteiger partial charge is 0.334 e. The summed E-state index contributed by atoms with van der Waals surface area (Å²) in [5.41, 5.74) is 1.19. The molecule has 0 N–H and O–H groups in total. The van der Waals surface area contributed by atoms with Gasteiger partial charge in [0.1, 0.15) is 5.69 Å². The zero-order chi connectivity index (χ0) is 22.0. The molecule has 8 heteroatoms. The van der Waals surface area contributed by atoms with Crippen LogP contribution in [0.15, 0.2) is 59.3 Å². The first kappa shape index (κ1) is 21.1. The van der Waals surface area contributed by atoms with Gasteiger partial charge < -0.3 is 4.90 Å². The van der Waals surface area contributed by atoms with Crippen molar-refractivity contribution in [3.8, 4) is 11.8 Å². The topological polar surface area (TPSA) is 46.1 Å². The summed E-state index contributed by atoms with van der Waals surface area (Å²) >= 11 is 3.37. The number of nitrogens with zero attached hydrogens (tertiary/aromatic N) is 3. The monoisotopic (exact) mass is 485 g/mol. The van der Waals surface area contributed by atoms with E-state index in [-0.39, 0.29) is 17.0 Å². The van der Waals surface area contributed by atoms with E-state index in [9.17, 15) is 18.0 Å². The highest BCUT2D eigenvalue weighted by atomic mass is 79.9. The van der Waals surface area contributed by atoms with Gasteiger partial charge in [-0.15, -0.1) is 0 Å². The lowest BCUT2D eigenvalue weighted by Gasteiger charge is -2.28. The predicted octanol–water partition coefficient (Wildman–Crippen LogP) is 4.86. The SMILES string of the molecule is O=C(c1ccc(C(F)(F)F)c(C#Cc2ccccn2)c1)N1CCc2ncc(Br)cc2C1. The Morgan fingerprint density at radius 1 is 1.10 bits per heavy atom. The lowest BCUT2D eigenvalue weighted by Crippen LogP contribution is -2.36. The van der Waals surface area contributed by atoms with Crippen LogP contribution in [0.2, 0.25) is 0 Å². The van der Waals surface area contributed by atoms with Gasteiger partial charge in [0.25, 0.3) is 5.91 Å². The summed E-state index contributed by atoms with van der Waals surface area (Å²) in [7, 11) is 0. The van der Waals surface area contributed by atoms with E-state index in [2.05, 4.69) is 37.7 Å². The number of halogens is 4. The minimum absolute atomic E-state index is 0.157. The van der Waals surface area contributed by atoms with Crippen molar-refractivity contribution in [3.05, 3.63) is 93.0 Å². The van der Waals surface area contributed by atoms with Crippen LogP contribution >= 0.6 is 15.9 Å². The Morgan fingerprint density at radius 2 is 1.94 bits per heavy atom. The van der Waals surface area contributed by atoms with Gasteiger partial charge in [0.2, 0.25) is 0 Å². The first-order valence-electron chi connectivity index (χ1n) is 9.38. The fraction of sp³-hybridized carbons (Fsp3) is 0.174. The van der Waals surface area contributed by atoms with Gasteiger partial charge in [0.15, 0.2) is 0 Å². The summed E-state index contributed by atoms with van der Waals surface area (Å²) in [6, 6.07) is 10.2. The largest absolute Gasteiger partial charge is 0.417 e. The van der Waals surface area contributed by atoms with Crippen molar-refractivity contribution in [1.29, 1.82) is 0 Å². The maximum atomic E-state index is 13.5. The Hall–Kier alpha value is -3.18. The Balaban J connectivity index is 1.66. The number of fused-ring (bicyclic) bond motifs is 1. The van der Waals surface area contributed by atoms with E-state index in [0.29, 0.717) is 25.2 Å². The number of benzene rings is 1. The molecule has 1 aromatic carbocycles. The van der Waals surface area contributed by atoms with Gasteiger partial charge in [-0.2, -0.15) is 13.2 Å². The summed E-state index contributed by atoms with van der Waals surface area (Å²) in [5.74, 6) is 4.83. The number of pyridine rings is 2. The molecular formula is C23H15BrF3N3O. The number of carbonyl (C=O) groups is 1. The fourth-order valence-corrected chi connectivity index (χ4v) is 3.73. The summed E-state index contributed by atoms with van der Waals surface area (Å²) in [6.07, 6.45) is -0.784. The molecule has 0 spiro atoms. The molecule has 156 valence electrons. The second-order valence-corrected chi connectivity index (χ2v) is 7.87. The molecule has 3 heterocycles. The van der Waals surface area contributed by atoms with Gasteiger partial charge in [0.05, 0.1) is 5.56 Å². The summed E-state index contributed by atoms with van der Waals surface area (Å²) < 4.78 is 41.2. The molecule has 4 nitrogen and oxygen atoms in total. The normalized spacial score (nSPS) is 13.2. The lowest BCUT2D eigenvalue weighted by atomic mass is 10.0. The highest BCUT2D eigenvalue weighted by Gasteiger charge is 2.34. The molecule has 0 aliphatic carbocycles. The van der Waals surface area contributed by atoms with E-state index in [1.807, 2.05) is 6.07 Å². The molecule has 0 bridgehead atoms. The first-order valence-corrected chi connectivity index (χ1v) is 10.2. The van der Waals surface area contributed by atoms with Crippen molar-refractivity contribution >= 4 is 21.8 Å². The molecule has 1 aliphatic heterocycles. The van der Waals surface area contributed by atoms with Crippen LogP contribution in [0.4, 0.5) is 13.2 Å². The summed E-state index contributed by atoms with van der Waals surface area (Å²) in [4.78, 5) is 23.0. The first-order chi connectivity index (χ1) is 14.8. The molecule has 0 unspecified atom stereocenters. The zero-order valence-corrected chi connectivity index (χ0v) is 17.7. The molecule has 0 saturated heterocycles. The van der Waals surface area contributed by atoms with Crippen molar-refractivity contribution in [2.45, 2.75) is 19.1 Å². The number of amides is 1. The molecule has 31 heavy (non-hydrogen) atoms. The molecule has 0 atom stereocenters. The minimum atomic E-state index is -4.59. The molecule has 4 rings (SSSR count). The molecule has 0 saturated carbocycles. The third-order valence-corrected chi connectivity index (χ3v) is 5.29. The Bertz CT molecular complexity index is 1200. The fourth-order valence-electron chi connectivity index (χ4n) is 3.35. The van der Waals surface area contributed by atoms with Gasteiger partial charge >= 0.3 is 6.18 Å². The van der Waals surface area contributed by atoms with Crippen LogP contribution in [0, 0.1) is 11.8 Å². The average molecular weight is 486 g/mol. The van der Waals surface area contributed by atoms with Crippen LogP contribution in [0.1, 0.15) is 38.4 Å². The van der Waals surface area contributed by atoms with Gasteiger partial charge in [-0.05, 0) is 63.8 Å². The Morgan fingerprint density at radius 3 is 2.68 bits per heavy atom. The average Bonchev–Trinajstić information content (AvgIpc) is 2.76. The van der Waals surface area contributed by atoms with Gasteiger partial charge in [-0.1, -0.05) is 12.0 Å². The Labute approximate surface area is 185 Å². The third-order valence-electron chi connectivity index (χ3n) is 4.86. The zero-order valence-electron chi connectivity index (χ0n) is 16.1. The second-order valence-electron chi connectivity index (χ2n) is 6.96. The maximum Gasteiger partial charge on any atom is 0.417 e. The minimum Gasteiger partial charge on any atom is -0.334 e. The van der Waals surface area contributed by atoms with Crippen molar-refractivity contribution < 1.29 is 18.0 Å². The van der Waals surface area contributed by atoms with Crippen LogP contribution in [0.3, 0.4) is 0 Å². The molecule has 1 amide bonds. The maximum absolute atomic E-state index is 13.5. The van der Waals surface area contributed by atoms with Crippen molar-refractivity contribution in [1.82, 2.24) is 14.9 Å². The Kier molecular flexibility index (Phi) is 5.79. The molecule has 2 aromatic heterocycles. The van der Waals surface area contributed by atoms with E-state index < -0.39 is 11.7 Å². The van der Waals surface area contributed by atoms with Crippen LogP contribution < -0.4 is 0 Å². The number of carbonyl (C=O) groups excluding carboxylic acids is 1. The molecular weight excluding hydrogens is 471 g/mol. The lowest BCUT2D eigenvalue weighted by molar-refractivity contribution is -0.137. The molecule has 3 aromatic rings. The number of alkyl halides is 3. The van der Waals surface area contributed by atoms with E-state index in [0.717, 1.165) is 21.8 Å². The van der Waals surface area contributed by atoms with Gasteiger partial charge in [0, 0.05) is 53.2 Å². The second kappa shape index (κ2) is 8.52. The van der Waals surface area contributed by atoms with E-state index in [4.69, 9.17) is 0 Å². The van der Waals surface area contributed by atoms with Gasteiger partial charge in [-0.25, -0.2) is 4.98 Å². The number of hydrogen-bond donors (Lipinski definition) is 0. The van der Waals surface area contributed by atoms with Crippen molar-refractivity contribution in [2.24, 2.45) is 0 Å². The predicted molar refractivity (Wildman–Crippen MR) is 112 cm³/mol. The standard InChI is InChI=1S/C23H15BrF3N3O/c24-18-12-17-14-30(10-8-21(17)29-13-18)22(31)16-5-7-20(23(25,26)27)15(11-16)4-6-19-3-1-2-9-28-19/h1-3,5,7,9,11-13H,8,10,14H2. The molecule has 0 radical (unpaired) electrons. The van der Waals surface area contributed by atoms with E-state index in [1.54, 1.807) is 29.3 Å². The highest BCUT2D eigenvalue weighted by molar-refractivity contribution is 9.10. The highest BCUT2D eigenvalue weighted by Crippen LogP contribution is 2.32. The number of aromatic nitrogens is 2. The van der Waals surface area contributed by atoms with Crippen LogP contribution in [-0.2, 0) is 19.1 Å². The molecule has 0 fully saturated rings. The number of rotatable bonds is 1. The van der Waals surface area contributed by atoms with Crippen molar-refractivity contribution in [2.75, 3.05) is 6.54 Å². The molecule has 1 aliphatic rings. The summed E-state index contributed by atoms with van der Waals surface area (Å²) in [6.45, 7) is 0.785. The summed E-state index contributed by atoms with van der Waals surface area (Å²) in [5, 5.41) is 0.